The average molecular weight is 454 g/mol. The number of carbonyl (C=O) groups is 1. The number of benzene rings is 2. The standard InChI is InChI=1S/C23H27N5O3S/c1-17-15-18(2)27-23(26-17)24-14-6-9-22(29)28-20-10-12-21(13-11-20)32(30,31)25-16-19-7-4-3-5-8-19/h3-5,7-8,10-13,15,25H,6,9,14,16H2,1-2H3,(H,28,29)(H,24,26,27). The highest BCUT2D eigenvalue weighted by molar-refractivity contribution is 7.89. The molecule has 0 aliphatic rings. The fourth-order valence-corrected chi connectivity index (χ4v) is 4.07. The van der Waals surface area contributed by atoms with Crippen LogP contribution < -0.4 is 15.4 Å². The molecule has 0 fully saturated rings. The van der Waals surface area contributed by atoms with Crippen LogP contribution in [0.5, 0.6) is 0 Å². The second-order valence-electron chi connectivity index (χ2n) is 7.39. The summed E-state index contributed by atoms with van der Waals surface area (Å²) < 4.78 is 27.5. The number of rotatable bonds is 10. The molecule has 0 unspecified atom stereocenters. The topological polar surface area (TPSA) is 113 Å². The zero-order chi connectivity index (χ0) is 23.0. The molecule has 9 heteroatoms. The van der Waals surface area contributed by atoms with Gasteiger partial charge in [0.05, 0.1) is 4.90 Å². The van der Waals surface area contributed by atoms with E-state index in [9.17, 15) is 13.2 Å². The summed E-state index contributed by atoms with van der Waals surface area (Å²) in [6.45, 7) is 4.59. The van der Waals surface area contributed by atoms with Crippen molar-refractivity contribution in [2.24, 2.45) is 0 Å². The zero-order valence-electron chi connectivity index (χ0n) is 18.1. The highest BCUT2D eigenvalue weighted by Gasteiger charge is 2.14. The van der Waals surface area contributed by atoms with E-state index in [4.69, 9.17) is 0 Å². The SMILES string of the molecule is Cc1cc(C)nc(NCCCC(=O)Nc2ccc(S(=O)(=O)NCc3ccccc3)cc2)n1. The second kappa shape index (κ2) is 10.8. The molecule has 8 nitrogen and oxygen atoms in total. The predicted octanol–water partition coefficient (Wildman–Crippen LogP) is 3.40. The summed E-state index contributed by atoms with van der Waals surface area (Å²) in [6, 6.07) is 17.3. The van der Waals surface area contributed by atoms with Crippen molar-refractivity contribution in [2.45, 2.75) is 38.1 Å². The summed E-state index contributed by atoms with van der Waals surface area (Å²) in [5.41, 5.74) is 3.19. The van der Waals surface area contributed by atoms with E-state index in [0.717, 1.165) is 17.0 Å². The Hall–Kier alpha value is -3.30. The van der Waals surface area contributed by atoms with E-state index in [1.165, 1.54) is 12.1 Å². The maximum Gasteiger partial charge on any atom is 0.240 e. The van der Waals surface area contributed by atoms with Gasteiger partial charge < -0.3 is 10.6 Å². The Morgan fingerprint density at radius 3 is 2.25 bits per heavy atom. The van der Waals surface area contributed by atoms with Gasteiger partial charge in [0, 0.05) is 36.6 Å². The number of nitrogens with zero attached hydrogens (tertiary/aromatic N) is 2. The maximum absolute atomic E-state index is 12.5. The van der Waals surface area contributed by atoms with Gasteiger partial charge in [-0.1, -0.05) is 30.3 Å². The van der Waals surface area contributed by atoms with Gasteiger partial charge in [0.25, 0.3) is 0 Å². The van der Waals surface area contributed by atoms with Crippen molar-refractivity contribution >= 4 is 27.6 Å². The second-order valence-corrected chi connectivity index (χ2v) is 9.15. The molecular weight excluding hydrogens is 426 g/mol. The largest absolute Gasteiger partial charge is 0.354 e. The van der Waals surface area contributed by atoms with Crippen LogP contribution >= 0.6 is 0 Å². The molecule has 0 aliphatic carbocycles. The molecule has 3 N–H and O–H groups in total. The first-order valence-electron chi connectivity index (χ1n) is 10.3. The van der Waals surface area contributed by atoms with Crippen LogP contribution in [0, 0.1) is 13.8 Å². The van der Waals surface area contributed by atoms with Crippen LogP contribution in [0.4, 0.5) is 11.6 Å². The fourth-order valence-electron chi connectivity index (χ4n) is 3.05. The minimum Gasteiger partial charge on any atom is -0.354 e. The predicted molar refractivity (Wildman–Crippen MR) is 125 cm³/mol. The van der Waals surface area contributed by atoms with Crippen molar-refractivity contribution in [1.29, 1.82) is 0 Å². The molecule has 168 valence electrons. The monoisotopic (exact) mass is 453 g/mol. The van der Waals surface area contributed by atoms with Crippen molar-refractivity contribution < 1.29 is 13.2 Å². The van der Waals surface area contributed by atoms with Crippen LogP contribution in [0.25, 0.3) is 0 Å². The Morgan fingerprint density at radius 1 is 0.938 bits per heavy atom. The highest BCUT2D eigenvalue weighted by atomic mass is 32.2. The van der Waals surface area contributed by atoms with Crippen LogP contribution in [0.2, 0.25) is 0 Å². The number of anilines is 2. The summed E-state index contributed by atoms with van der Waals surface area (Å²) in [7, 11) is -3.64. The molecule has 0 bridgehead atoms. The lowest BCUT2D eigenvalue weighted by Crippen LogP contribution is -2.23. The molecule has 0 atom stereocenters. The number of aryl methyl sites for hydroxylation is 2. The van der Waals surface area contributed by atoms with Gasteiger partial charge in [-0.2, -0.15) is 0 Å². The summed E-state index contributed by atoms with van der Waals surface area (Å²) >= 11 is 0. The Labute approximate surface area is 188 Å². The van der Waals surface area contributed by atoms with Gasteiger partial charge in [0.2, 0.25) is 21.9 Å². The summed E-state index contributed by atoms with van der Waals surface area (Å²) in [5, 5.41) is 5.90. The van der Waals surface area contributed by atoms with Crippen molar-refractivity contribution in [1.82, 2.24) is 14.7 Å². The Morgan fingerprint density at radius 2 is 1.59 bits per heavy atom. The number of nitrogens with one attached hydrogen (secondary N) is 3. The Bertz CT molecular complexity index is 1130. The van der Waals surface area contributed by atoms with Gasteiger partial charge in [-0.25, -0.2) is 23.1 Å². The van der Waals surface area contributed by atoms with Crippen LogP contribution in [0.3, 0.4) is 0 Å². The van der Waals surface area contributed by atoms with Gasteiger partial charge in [0.1, 0.15) is 0 Å². The highest BCUT2D eigenvalue weighted by Crippen LogP contribution is 2.15. The molecule has 0 saturated heterocycles. The van der Waals surface area contributed by atoms with Crippen molar-refractivity contribution in [3.05, 3.63) is 77.6 Å². The maximum atomic E-state index is 12.5. The quantitative estimate of drug-likeness (QED) is 0.406. The number of hydrogen-bond donors (Lipinski definition) is 3. The molecule has 0 saturated carbocycles. The molecule has 1 aromatic heterocycles. The molecule has 0 spiro atoms. The molecule has 1 amide bonds. The third-order valence-electron chi connectivity index (χ3n) is 4.60. The van der Waals surface area contributed by atoms with Gasteiger partial charge in [0.15, 0.2) is 0 Å². The van der Waals surface area contributed by atoms with Crippen LogP contribution in [-0.4, -0.2) is 30.8 Å². The van der Waals surface area contributed by atoms with Gasteiger partial charge in [-0.3, -0.25) is 4.79 Å². The lowest BCUT2D eigenvalue weighted by Gasteiger charge is -2.09. The van der Waals surface area contributed by atoms with E-state index in [2.05, 4.69) is 25.3 Å². The zero-order valence-corrected chi connectivity index (χ0v) is 18.9. The minimum absolute atomic E-state index is 0.143. The van der Waals surface area contributed by atoms with Crippen molar-refractivity contribution in [2.75, 3.05) is 17.2 Å². The molecule has 0 radical (unpaired) electrons. The summed E-state index contributed by atoms with van der Waals surface area (Å²) in [6.07, 6.45) is 0.925. The lowest BCUT2D eigenvalue weighted by molar-refractivity contribution is -0.116. The van der Waals surface area contributed by atoms with E-state index >= 15 is 0 Å². The van der Waals surface area contributed by atoms with Gasteiger partial charge in [-0.05, 0) is 56.2 Å². The van der Waals surface area contributed by atoms with E-state index in [1.807, 2.05) is 50.2 Å². The first kappa shape index (κ1) is 23.4. The van der Waals surface area contributed by atoms with Crippen molar-refractivity contribution in [3.63, 3.8) is 0 Å². The van der Waals surface area contributed by atoms with E-state index in [0.29, 0.717) is 31.0 Å². The molecule has 0 aliphatic heterocycles. The fraction of sp³-hybridized carbons (Fsp3) is 0.261. The smallest absolute Gasteiger partial charge is 0.240 e. The van der Waals surface area contributed by atoms with Crippen LogP contribution in [0.1, 0.15) is 29.8 Å². The van der Waals surface area contributed by atoms with E-state index in [-0.39, 0.29) is 17.3 Å². The summed E-state index contributed by atoms with van der Waals surface area (Å²) in [5.74, 6) is 0.409. The molecule has 32 heavy (non-hydrogen) atoms. The van der Waals surface area contributed by atoms with Crippen molar-refractivity contribution in [3.8, 4) is 0 Å². The van der Waals surface area contributed by atoms with Gasteiger partial charge in [-0.15, -0.1) is 0 Å². The Kier molecular flexibility index (Phi) is 7.91. The van der Waals surface area contributed by atoms with E-state index < -0.39 is 10.0 Å². The summed E-state index contributed by atoms with van der Waals surface area (Å²) in [4.78, 5) is 20.9. The number of carbonyl (C=O) groups excluding carboxylic acids is 1. The minimum atomic E-state index is -3.64. The van der Waals surface area contributed by atoms with Crippen LogP contribution in [-0.2, 0) is 21.4 Å². The third kappa shape index (κ3) is 7.14. The third-order valence-corrected chi connectivity index (χ3v) is 6.02. The molecular formula is C23H27N5O3S. The normalized spacial score (nSPS) is 11.2. The van der Waals surface area contributed by atoms with E-state index in [1.54, 1.807) is 12.1 Å². The van der Waals surface area contributed by atoms with Gasteiger partial charge >= 0.3 is 0 Å². The first-order valence-corrected chi connectivity index (χ1v) is 11.8. The number of hydrogen-bond acceptors (Lipinski definition) is 6. The number of sulfonamides is 1. The molecule has 1 heterocycles. The lowest BCUT2D eigenvalue weighted by atomic mass is 10.2. The number of aromatic nitrogens is 2. The average Bonchev–Trinajstić information content (AvgIpc) is 2.76. The molecule has 3 rings (SSSR count). The first-order chi connectivity index (χ1) is 15.3. The number of amides is 1. The Balaban J connectivity index is 1.44. The molecule has 3 aromatic rings. The molecule has 2 aromatic carbocycles. The van der Waals surface area contributed by atoms with Crippen LogP contribution in [0.15, 0.2) is 65.6 Å².